The monoisotopic (exact) mass is 360 g/mol. The lowest BCUT2D eigenvalue weighted by Gasteiger charge is -2.09. The molecule has 5 aromatic rings. The summed E-state index contributed by atoms with van der Waals surface area (Å²) >= 11 is 0. The Morgan fingerprint density at radius 3 is 2.70 bits per heavy atom. The van der Waals surface area contributed by atoms with Crippen LogP contribution in [0.3, 0.4) is 0 Å². The van der Waals surface area contributed by atoms with Crippen LogP contribution in [0, 0.1) is 13.8 Å². The first kappa shape index (κ1) is 15.4. The highest BCUT2D eigenvalue weighted by Crippen LogP contribution is 2.25. The Hall–Kier alpha value is -3.88. The first-order chi connectivity index (χ1) is 13.0. The molecule has 0 saturated heterocycles. The van der Waals surface area contributed by atoms with E-state index in [-0.39, 0.29) is 5.69 Å². The van der Waals surface area contributed by atoms with Crippen molar-refractivity contribution in [2.45, 2.75) is 13.8 Å². The third kappa shape index (κ3) is 2.65. The van der Waals surface area contributed by atoms with Crippen LogP contribution in [0.5, 0.6) is 0 Å². The molecule has 0 spiro atoms. The van der Waals surface area contributed by atoms with Crippen molar-refractivity contribution in [1.29, 1.82) is 0 Å². The second-order valence-corrected chi connectivity index (χ2v) is 6.48. The lowest BCUT2D eigenvalue weighted by molar-refractivity contribution is 1.03. The molecule has 1 aromatic carbocycles. The van der Waals surface area contributed by atoms with Crippen LogP contribution in [0.4, 0.5) is 11.8 Å². The minimum atomic E-state index is -0.231. The molecule has 0 fully saturated rings. The van der Waals surface area contributed by atoms with Crippen LogP contribution < -0.4 is 11.0 Å². The molecule has 0 unspecified atom stereocenters. The van der Waals surface area contributed by atoms with E-state index < -0.39 is 0 Å². The fourth-order valence-corrected chi connectivity index (χ4v) is 3.13. The number of anilines is 2. The minimum absolute atomic E-state index is 0.231. The summed E-state index contributed by atoms with van der Waals surface area (Å²) in [5.41, 5.74) is 5.49. The lowest BCUT2D eigenvalue weighted by Crippen LogP contribution is -2.02. The molecular weight excluding hydrogens is 344 g/mol. The van der Waals surface area contributed by atoms with Crippen molar-refractivity contribution >= 4 is 28.4 Å². The van der Waals surface area contributed by atoms with Crippen molar-refractivity contribution in [1.82, 2.24) is 34.5 Å². The van der Waals surface area contributed by atoms with E-state index in [1.165, 1.54) is 0 Å². The Kier molecular flexibility index (Phi) is 3.17. The van der Waals surface area contributed by atoms with Gasteiger partial charge < -0.3 is 15.3 Å². The third-order valence-electron chi connectivity index (χ3n) is 4.33. The molecule has 5 rings (SSSR count). The van der Waals surface area contributed by atoms with E-state index in [0.29, 0.717) is 11.8 Å². The van der Waals surface area contributed by atoms with Crippen LogP contribution in [-0.2, 0) is 0 Å². The van der Waals surface area contributed by atoms with E-state index in [9.17, 15) is 4.79 Å². The fourth-order valence-electron chi connectivity index (χ4n) is 3.13. The SMILES string of the molecule is Cc1cn2c(Nc3cc(C)[nH]n3)nc(-c3ccc4[nH]c(=O)[nH]c4c3)cc2n1. The number of H-pyrrole nitrogens is 3. The van der Waals surface area contributed by atoms with Crippen molar-refractivity contribution in [3.8, 4) is 11.3 Å². The minimum Gasteiger partial charge on any atom is -0.308 e. The van der Waals surface area contributed by atoms with Gasteiger partial charge in [-0.2, -0.15) is 5.10 Å². The Morgan fingerprint density at radius 1 is 1.04 bits per heavy atom. The zero-order valence-electron chi connectivity index (χ0n) is 14.7. The van der Waals surface area contributed by atoms with Gasteiger partial charge in [-0.25, -0.2) is 14.8 Å². The van der Waals surface area contributed by atoms with E-state index in [2.05, 4.69) is 30.5 Å². The van der Waals surface area contributed by atoms with Gasteiger partial charge in [0.25, 0.3) is 0 Å². The number of aryl methyl sites for hydroxylation is 2. The summed E-state index contributed by atoms with van der Waals surface area (Å²) in [6.07, 6.45) is 1.92. The van der Waals surface area contributed by atoms with Gasteiger partial charge in [0.15, 0.2) is 5.82 Å². The average Bonchev–Trinajstić information content (AvgIpc) is 3.31. The number of fused-ring (bicyclic) bond motifs is 2. The highest BCUT2D eigenvalue weighted by Gasteiger charge is 2.12. The average molecular weight is 360 g/mol. The molecule has 0 aliphatic carbocycles. The molecule has 134 valence electrons. The third-order valence-corrected chi connectivity index (χ3v) is 4.33. The maximum absolute atomic E-state index is 11.5. The quantitative estimate of drug-likeness (QED) is 0.394. The molecule has 0 aliphatic rings. The number of aromatic amines is 3. The Bertz CT molecular complexity index is 1350. The van der Waals surface area contributed by atoms with Crippen LogP contribution in [0.1, 0.15) is 11.4 Å². The van der Waals surface area contributed by atoms with Crippen molar-refractivity contribution in [3.05, 3.63) is 58.4 Å². The van der Waals surface area contributed by atoms with Crippen molar-refractivity contribution in [2.24, 2.45) is 0 Å². The summed E-state index contributed by atoms with van der Waals surface area (Å²) in [5, 5.41) is 10.4. The van der Waals surface area contributed by atoms with Gasteiger partial charge in [0, 0.05) is 29.6 Å². The van der Waals surface area contributed by atoms with Crippen LogP contribution in [0.25, 0.3) is 27.9 Å². The Labute approximate surface area is 152 Å². The van der Waals surface area contributed by atoms with Crippen LogP contribution in [0.2, 0.25) is 0 Å². The maximum Gasteiger partial charge on any atom is 0.323 e. The predicted octanol–water partition coefficient (Wildman–Crippen LogP) is 2.65. The molecule has 27 heavy (non-hydrogen) atoms. The van der Waals surface area contributed by atoms with E-state index in [0.717, 1.165) is 39.3 Å². The standard InChI is InChI=1S/C18H16N8O/c1-9-5-15(25-24-9)23-17-20-13(7-16-19-10(2)8-26(16)17)11-3-4-12-14(6-11)22-18(27)21-12/h3-8H,1-2H3,(H2,21,22,27)(H2,20,23,24,25). The molecule has 4 N–H and O–H groups in total. The zero-order valence-corrected chi connectivity index (χ0v) is 14.7. The molecule has 0 amide bonds. The van der Waals surface area contributed by atoms with Crippen LogP contribution in [0.15, 0.2) is 41.3 Å². The summed E-state index contributed by atoms with van der Waals surface area (Å²) in [5.74, 6) is 1.28. The van der Waals surface area contributed by atoms with Gasteiger partial charge in [-0.15, -0.1) is 0 Å². The van der Waals surface area contributed by atoms with E-state index >= 15 is 0 Å². The number of nitrogens with one attached hydrogen (secondary N) is 4. The van der Waals surface area contributed by atoms with Crippen molar-refractivity contribution in [3.63, 3.8) is 0 Å². The summed E-state index contributed by atoms with van der Waals surface area (Å²) in [4.78, 5) is 26.4. The summed E-state index contributed by atoms with van der Waals surface area (Å²) in [6.45, 7) is 3.87. The van der Waals surface area contributed by atoms with Gasteiger partial charge in [-0.3, -0.25) is 9.50 Å². The maximum atomic E-state index is 11.5. The number of hydrogen-bond donors (Lipinski definition) is 4. The number of rotatable bonds is 3. The van der Waals surface area contributed by atoms with Gasteiger partial charge in [-0.1, -0.05) is 6.07 Å². The number of aromatic nitrogens is 7. The van der Waals surface area contributed by atoms with Gasteiger partial charge in [0.05, 0.1) is 22.4 Å². The van der Waals surface area contributed by atoms with E-state index in [4.69, 9.17) is 4.98 Å². The summed E-state index contributed by atoms with van der Waals surface area (Å²) in [7, 11) is 0. The number of benzene rings is 1. The largest absolute Gasteiger partial charge is 0.323 e. The van der Waals surface area contributed by atoms with Crippen LogP contribution >= 0.6 is 0 Å². The number of nitrogens with zero attached hydrogens (tertiary/aromatic N) is 4. The van der Waals surface area contributed by atoms with E-state index in [1.807, 2.05) is 54.8 Å². The second-order valence-electron chi connectivity index (χ2n) is 6.48. The van der Waals surface area contributed by atoms with Gasteiger partial charge in [0.2, 0.25) is 5.95 Å². The highest BCUT2D eigenvalue weighted by molar-refractivity contribution is 5.81. The topological polar surface area (TPSA) is 120 Å². The second kappa shape index (κ2) is 5.56. The first-order valence-corrected chi connectivity index (χ1v) is 8.43. The van der Waals surface area contributed by atoms with Crippen molar-refractivity contribution in [2.75, 3.05) is 5.32 Å². The zero-order chi connectivity index (χ0) is 18.5. The first-order valence-electron chi connectivity index (χ1n) is 8.43. The Morgan fingerprint density at radius 2 is 1.89 bits per heavy atom. The molecular formula is C18H16N8O. The number of imidazole rings is 2. The van der Waals surface area contributed by atoms with Crippen LogP contribution in [-0.4, -0.2) is 34.5 Å². The molecule has 9 heteroatoms. The highest BCUT2D eigenvalue weighted by atomic mass is 16.1. The lowest BCUT2D eigenvalue weighted by atomic mass is 10.1. The molecule has 9 nitrogen and oxygen atoms in total. The van der Waals surface area contributed by atoms with Gasteiger partial charge in [-0.05, 0) is 26.0 Å². The molecule has 0 atom stereocenters. The van der Waals surface area contributed by atoms with Crippen molar-refractivity contribution < 1.29 is 0 Å². The molecule has 0 bridgehead atoms. The predicted molar refractivity (Wildman–Crippen MR) is 102 cm³/mol. The van der Waals surface area contributed by atoms with E-state index in [1.54, 1.807) is 0 Å². The fraction of sp³-hybridized carbons (Fsp3) is 0.111. The van der Waals surface area contributed by atoms with Gasteiger partial charge in [0.1, 0.15) is 5.65 Å². The normalized spacial score (nSPS) is 11.5. The number of hydrogen-bond acceptors (Lipinski definition) is 5. The smallest absolute Gasteiger partial charge is 0.308 e. The molecule has 0 radical (unpaired) electrons. The summed E-state index contributed by atoms with van der Waals surface area (Å²) in [6, 6.07) is 9.49. The molecule has 4 aromatic heterocycles. The molecule has 0 aliphatic heterocycles. The molecule has 0 saturated carbocycles. The molecule has 4 heterocycles. The van der Waals surface area contributed by atoms with Gasteiger partial charge >= 0.3 is 5.69 Å². The Balaban J connectivity index is 1.68. The summed E-state index contributed by atoms with van der Waals surface area (Å²) < 4.78 is 1.89.